The van der Waals surface area contributed by atoms with Gasteiger partial charge in [-0.15, -0.1) is 0 Å². The van der Waals surface area contributed by atoms with Crippen molar-refractivity contribution in [3.63, 3.8) is 0 Å². The number of carbonyl (C=O) groups excluding carboxylic acids is 1. The number of benzene rings is 1. The molecule has 26 heavy (non-hydrogen) atoms. The second-order valence-electron chi connectivity index (χ2n) is 6.49. The van der Waals surface area contributed by atoms with Crippen molar-refractivity contribution < 1.29 is 22.4 Å². The van der Waals surface area contributed by atoms with Gasteiger partial charge in [0, 0.05) is 30.6 Å². The SMILES string of the molecule is O=C(Nc1ccc(S(=O)(=O)N2CCOCC2)cc1)[C@H]1C[C@@H]1c1ccco1. The maximum Gasteiger partial charge on any atom is 0.243 e. The van der Waals surface area contributed by atoms with E-state index in [1.807, 2.05) is 12.1 Å². The molecule has 8 heteroatoms. The molecule has 0 radical (unpaired) electrons. The number of anilines is 1. The Morgan fingerprint density at radius 3 is 2.50 bits per heavy atom. The summed E-state index contributed by atoms with van der Waals surface area (Å²) in [6, 6.07) is 9.99. The quantitative estimate of drug-likeness (QED) is 0.863. The van der Waals surface area contributed by atoms with Gasteiger partial charge in [-0.3, -0.25) is 4.79 Å². The average molecular weight is 376 g/mol. The molecule has 1 saturated carbocycles. The van der Waals surface area contributed by atoms with Gasteiger partial charge in [-0.25, -0.2) is 8.42 Å². The lowest BCUT2D eigenvalue weighted by Crippen LogP contribution is -2.40. The summed E-state index contributed by atoms with van der Waals surface area (Å²) >= 11 is 0. The zero-order chi connectivity index (χ0) is 18.1. The van der Waals surface area contributed by atoms with Gasteiger partial charge in [0.05, 0.1) is 24.4 Å². The number of morpholine rings is 1. The molecule has 138 valence electrons. The second-order valence-corrected chi connectivity index (χ2v) is 8.43. The monoisotopic (exact) mass is 376 g/mol. The van der Waals surface area contributed by atoms with Gasteiger partial charge in [0.2, 0.25) is 15.9 Å². The fourth-order valence-corrected chi connectivity index (χ4v) is 4.59. The highest BCUT2D eigenvalue weighted by molar-refractivity contribution is 7.89. The van der Waals surface area contributed by atoms with Crippen LogP contribution in [-0.2, 0) is 19.6 Å². The van der Waals surface area contributed by atoms with Gasteiger partial charge in [-0.05, 0) is 42.8 Å². The molecule has 2 heterocycles. The summed E-state index contributed by atoms with van der Waals surface area (Å²) in [5.41, 5.74) is 0.584. The Balaban J connectivity index is 1.39. The molecule has 1 aromatic heterocycles. The van der Waals surface area contributed by atoms with Crippen molar-refractivity contribution in [3.8, 4) is 0 Å². The molecule has 2 fully saturated rings. The van der Waals surface area contributed by atoms with Crippen LogP contribution in [-0.4, -0.2) is 44.9 Å². The van der Waals surface area contributed by atoms with E-state index in [-0.39, 0.29) is 22.6 Å². The summed E-state index contributed by atoms with van der Waals surface area (Å²) in [4.78, 5) is 12.5. The molecule has 1 aliphatic heterocycles. The summed E-state index contributed by atoms with van der Waals surface area (Å²) in [5.74, 6) is 0.788. The van der Waals surface area contributed by atoms with E-state index in [1.54, 1.807) is 18.4 Å². The van der Waals surface area contributed by atoms with Crippen molar-refractivity contribution in [3.05, 3.63) is 48.4 Å². The molecule has 7 nitrogen and oxygen atoms in total. The molecule has 1 aromatic carbocycles. The number of nitrogens with one attached hydrogen (secondary N) is 1. The van der Waals surface area contributed by atoms with E-state index in [0.29, 0.717) is 32.0 Å². The molecule has 2 aliphatic rings. The first-order chi connectivity index (χ1) is 12.6. The van der Waals surface area contributed by atoms with Crippen LogP contribution in [0.15, 0.2) is 52.0 Å². The van der Waals surface area contributed by atoms with Gasteiger partial charge in [0.25, 0.3) is 0 Å². The summed E-state index contributed by atoms with van der Waals surface area (Å²) in [6.07, 6.45) is 2.37. The van der Waals surface area contributed by atoms with Crippen molar-refractivity contribution >= 4 is 21.6 Å². The molecule has 1 N–H and O–H groups in total. The second kappa shape index (κ2) is 6.86. The van der Waals surface area contributed by atoms with E-state index >= 15 is 0 Å². The Labute approximate surface area is 152 Å². The van der Waals surface area contributed by atoms with Crippen molar-refractivity contribution in [1.82, 2.24) is 4.31 Å². The predicted octanol–water partition coefficient (Wildman–Crippen LogP) is 2.04. The van der Waals surface area contributed by atoms with E-state index in [1.165, 1.54) is 16.4 Å². The predicted molar refractivity (Wildman–Crippen MR) is 94.2 cm³/mol. The number of rotatable bonds is 5. The number of hydrogen-bond donors (Lipinski definition) is 1. The summed E-state index contributed by atoms with van der Waals surface area (Å²) < 4.78 is 37.1. The van der Waals surface area contributed by atoms with Crippen LogP contribution in [0.3, 0.4) is 0 Å². The lowest BCUT2D eigenvalue weighted by molar-refractivity contribution is -0.117. The highest BCUT2D eigenvalue weighted by Gasteiger charge is 2.45. The van der Waals surface area contributed by atoms with Crippen molar-refractivity contribution in [1.29, 1.82) is 0 Å². The fourth-order valence-electron chi connectivity index (χ4n) is 3.18. The van der Waals surface area contributed by atoms with E-state index in [9.17, 15) is 13.2 Å². The molecule has 1 aliphatic carbocycles. The standard InChI is InChI=1S/C18H20N2O5S/c21-18(16-12-15(16)17-2-1-9-25-17)19-13-3-5-14(6-4-13)26(22,23)20-7-10-24-11-8-20/h1-6,9,15-16H,7-8,10-12H2,(H,19,21)/t15-,16-/m0/s1. The third-order valence-electron chi connectivity index (χ3n) is 4.77. The Morgan fingerprint density at radius 1 is 1.12 bits per heavy atom. The van der Waals surface area contributed by atoms with E-state index in [4.69, 9.17) is 9.15 Å². The van der Waals surface area contributed by atoms with E-state index < -0.39 is 10.0 Å². The number of sulfonamides is 1. The molecule has 2 atom stereocenters. The first-order valence-electron chi connectivity index (χ1n) is 8.58. The lowest BCUT2D eigenvalue weighted by Gasteiger charge is -2.26. The highest BCUT2D eigenvalue weighted by Crippen LogP contribution is 2.48. The maximum atomic E-state index is 12.6. The molecule has 0 unspecified atom stereocenters. The van der Waals surface area contributed by atoms with Gasteiger partial charge >= 0.3 is 0 Å². The smallest absolute Gasteiger partial charge is 0.243 e. The summed E-state index contributed by atoms with van der Waals surface area (Å²) in [7, 11) is -3.52. The number of carbonyl (C=O) groups is 1. The Kier molecular flexibility index (Phi) is 4.56. The zero-order valence-electron chi connectivity index (χ0n) is 14.1. The Morgan fingerprint density at radius 2 is 1.85 bits per heavy atom. The molecule has 2 aromatic rings. The Bertz CT molecular complexity index is 871. The van der Waals surface area contributed by atoms with Crippen LogP contribution in [0.25, 0.3) is 0 Å². The molecule has 0 spiro atoms. The minimum absolute atomic E-state index is 0.0739. The van der Waals surface area contributed by atoms with Crippen LogP contribution >= 0.6 is 0 Å². The summed E-state index contributed by atoms with van der Waals surface area (Å²) in [5, 5.41) is 2.84. The lowest BCUT2D eigenvalue weighted by atomic mass is 10.2. The number of hydrogen-bond acceptors (Lipinski definition) is 5. The fraction of sp³-hybridized carbons (Fsp3) is 0.389. The van der Waals surface area contributed by atoms with Gasteiger partial charge < -0.3 is 14.5 Å². The van der Waals surface area contributed by atoms with Crippen LogP contribution in [0.2, 0.25) is 0 Å². The normalized spacial score (nSPS) is 23.5. The van der Waals surface area contributed by atoms with Crippen LogP contribution in [0.4, 0.5) is 5.69 Å². The molecular weight excluding hydrogens is 356 g/mol. The van der Waals surface area contributed by atoms with E-state index in [2.05, 4.69) is 5.32 Å². The minimum atomic E-state index is -3.52. The van der Waals surface area contributed by atoms with Crippen molar-refractivity contribution in [2.24, 2.45) is 5.92 Å². The Hall–Kier alpha value is -2.16. The average Bonchev–Trinajstić information content (AvgIpc) is 3.28. The van der Waals surface area contributed by atoms with E-state index in [0.717, 1.165) is 12.2 Å². The van der Waals surface area contributed by atoms with Gasteiger partial charge in [0.1, 0.15) is 5.76 Å². The minimum Gasteiger partial charge on any atom is -0.469 e. The third-order valence-corrected chi connectivity index (χ3v) is 6.68. The topological polar surface area (TPSA) is 88.9 Å². The highest BCUT2D eigenvalue weighted by atomic mass is 32.2. The molecule has 4 rings (SSSR count). The first-order valence-corrected chi connectivity index (χ1v) is 10.0. The number of furan rings is 1. The maximum absolute atomic E-state index is 12.6. The summed E-state index contributed by atoms with van der Waals surface area (Å²) in [6.45, 7) is 1.53. The van der Waals surface area contributed by atoms with Gasteiger partial charge in [-0.2, -0.15) is 4.31 Å². The molecule has 1 amide bonds. The number of nitrogens with zero attached hydrogens (tertiary/aromatic N) is 1. The van der Waals surface area contributed by atoms with Crippen molar-refractivity contribution in [2.75, 3.05) is 31.6 Å². The molecular formula is C18H20N2O5S. The van der Waals surface area contributed by atoms with Crippen LogP contribution in [0, 0.1) is 5.92 Å². The first kappa shape index (κ1) is 17.3. The van der Waals surface area contributed by atoms with Crippen LogP contribution in [0.1, 0.15) is 18.1 Å². The number of ether oxygens (including phenoxy) is 1. The largest absolute Gasteiger partial charge is 0.469 e. The zero-order valence-corrected chi connectivity index (χ0v) is 14.9. The van der Waals surface area contributed by atoms with Crippen molar-refractivity contribution in [2.45, 2.75) is 17.2 Å². The van der Waals surface area contributed by atoms with Crippen LogP contribution < -0.4 is 5.32 Å². The third kappa shape index (κ3) is 3.40. The van der Waals surface area contributed by atoms with Gasteiger partial charge in [-0.1, -0.05) is 0 Å². The van der Waals surface area contributed by atoms with Crippen LogP contribution in [0.5, 0.6) is 0 Å². The number of amides is 1. The van der Waals surface area contributed by atoms with Gasteiger partial charge in [0.15, 0.2) is 0 Å². The molecule has 0 bridgehead atoms. The molecule has 1 saturated heterocycles.